The quantitative estimate of drug-likeness (QED) is 0.358. The van der Waals surface area contributed by atoms with E-state index in [0.717, 1.165) is 29.9 Å². The molecule has 2 aromatic carbocycles. The minimum absolute atomic E-state index is 0.0883. The van der Waals surface area contributed by atoms with Crippen molar-refractivity contribution in [3.8, 4) is 0 Å². The van der Waals surface area contributed by atoms with E-state index in [1.807, 2.05) is 48.5 Å². The Labute approximate surface area is 208 Å². The van der Waals surface area contributed by atoms with Gasteiger partial charge in [0.2, 0.25) is 0 Å². The molecule has 0 N–H and O–H groups in total. The van der Waals surface area contributed by atoms with Gasteiger partial charge in [0.05, 0.1) is 21.8 Å². The van der Waals surface area contributed by atoms with Crippen LogP contribution in [0.4, 0.5) is 5.69 Å². The molecule has 7 heteroatoms. The second-order valence-electron chi connectivity index (χ2n) is 8.14. The molecule has 0 amide bonds. The largest absolute Gasteiger partial charge is 0.458 e. The lowest BCUT2D eigenvalue weighted by Crippen LogP contribution is -2.39. The van der Waals surface area contributed by atoms with Crippen molar-refractivity contribution < 1.29 is 9.53 Å². The second-order valence-corrected chi connectivity index (χ2v) is 9.15. The predicted molar refractivity (Wildman–Crippen MR) is 141 cm³/mol. The average Bonchev–Trinajstić information content (AvgIpc) is 3.18. The summed E-state index contributed by atoms with van der Waals surface area (Å²) in [5.74, 6) is -0.499. The van der Waals surface area contributed by atoms with Gasteiger partial charge in [-0.1, -0.05) is 66.5 Å². The molecule has 0 radical (unpaired) electrons. The van der Waals surface area contributed by atoms with Gasteiger partial charge in [-0.05, 0) is 50.1 Å². The summed E-state index contributed by atoms with van der Waals surface area (Å²) in [5.41, 5.74) is 3.63. The first-order chi connectivity index (χ1) is 17.0. The van der Waals surface area contributed by atoms with Crippen LogP contribution in [0, 0.1) is 0 Å². The number of ether oxygens (including phenoxy) is 1. The standard InChI is InChI=1S/C28H29N3O3S/c1-5-17-34-27(33)24-19(4)29-28-31(25(24)21-11-9-8-10-12-21)26(32)23(35-28)18-20-13-15-22(16-14-20)30(6-2)7-3/h5,8-16,18,25H,1,6-7,17H2,2-4H3/b23-18-/t25-/m1/s1. The highest BCUT2D eigenvalue weighted by Crippen LogP contribution is 2.30. The van der Waals surface area contributed by atoms with Crippen molar-refractivity contribution in [3.05, 3.63) is 109 Å². The summed E-state index contributed by atoms with van der Waals surface area (Å²) in [6.07, 6.45) is 3.40. The number of fused-ring (bicyclic) bond motifs is 1. The number of hydrogen-bond donors (Lipinski definition) is 0. The third kappa shape index (κ3) is 4.91. The van der Waals surface area contributed by atoms with E-state index in [4.69, 9.17) is 4.74 Å². The maximum absolute atomic E-state index is 13.6. The molecule has 3 aromatic rings. The van der Waals surface area contributed by atoms with Gasteiger partial charge in [-0.3, -0.25) is 9.36 Å². The zero-order valence-corrected chi connectivity index (χ0v) is 21.0. The van der Waals surface area contributed by atoms with Crippen molar-refractivity contribution in [2.24, 2.45) is 4.99 Å². The number of hydrogen-bond acceptors (Lipinski definition) is 6. The molecule has 0 aliphatic carbocycles. The fourth-order valence-electron chi connectivity index (χ4n) is 4.27. The molecule has 0 fully saturated rings. The zero-order valence-electron chi connectivity index (χ0n) is 20.2. The van der Waals surface area contributed by atoms with Crippen LogP contribution in [0.3, 0.4) is 0 Å². The SMILES string of the molecule is C=CCOC(=O)C1=C(C)N=c2s/c(=C\c3ccc(N(CC)CC)cc3)c(=O)n2[C@@H]1c1ccccc1. The Kier molecular flexibility index (Phi) is 7.46. The Morgan fingerprint density at radius 1 is 1.14 bits per heavy atom. The summed E-state index contributed by atoms with van der Waals surface area (Å²) < 4.78 is 7.53. The molecule has 35 heavy (non-hydrogen) atoms. The lowest BCUT2D eigenvalue weighted by Gasteiger charge is -2.24. The maximum Gasteiger partial charge on any atom is 0.338 e. The number of carbonyl (C=O) groups excluding carboxylic acids is 1. The molecule has 1 aliphatic heterocycles. The molecular formula is C28H29N3O3S. The molecule has 0 spiro atoms. The highest BCUT2D eigenvalue weighted by molar-refractivity contribution is 7.07. The lowest BCUT2D eigenvalue weighted by atomic mass is 9.96. The Hall–Kier alpha value is -3.71. The van der Waals surface area contributed by atoms with Crippen molar-refractivity contribution >= 4 is 29.1 Å². The molecule has 0 saturated heterocycles. The molecule has 4 rings (SSSR count). The van der Waals surface area contributed by atoms with Crippen LogP contribution >= 0.6 is 11.3 Å². The Morgan fingerprint density at radius 3 is 2.46 bits per heavy atom. The normalized spacial score (nSPS) is 15.4. The third-order valence-corrected chi connectivity index (χ3v) is 6.99. The summed E-state index contributed by atoms with van der Waals surface area (Å²) in [5, 5.41) is 0. The van der Waals surface area contributed by atoms with E-state index in [9.17, 15) is 9.59 Å². The Bertz CT molecular complexity index is 1430. The molecule has 1 atom stereocenters. The second kappa shape index (κ2) is 10.7. The van der Waals surface area contributed by atoms with Gasteiger partial charge >= 0.3 is 5.97 Å². The first kappa shape index (κ1) is 24.4. The highest BCUT2D eigenvalue weighted by Gasteiger charge is 2.33. The minimum Gasteiger partial charge on any atom is -0.458 e. The number of rotatable bonds is 8. The maximum atomic E-state index is 13.6. The van der Waals surface area contributed by atoms with Crippen LogP contribution in [0.2, 0.25) is 0 Å². The summed E-state index contributed by atoms with van der Waals surface area (Å²) in [6, 6.07) is 17.1. The Morgan fingerprint density at radius 2 is 1.83 bits per heavy atom. The van der Waals surface area contributed by atoms with Gasteiger partial charge in [-0.2, -0.15) is 0 Å². The number of thiazole rings is 1. The topological polar surface area (TPSA) is 63.9 Å². The van der Waals surface area contributed by atoms with Crippen LogP contribution in [0.25, 0.3) is 6.08 Å². The number of esters is 1. The molecule has 1 aliphatic rings. The summed E-state index contributed by atoms with van der Waals surface area (Å²) >= 11 is 1.33. The van der Waals surface area contributed by atoms with Crippen molar-refractivity contribution in [3.63, 3.8) is 0 Å². The number of carbonyl (C=O) groups is 1. The number of allylic oxidation sites excluding steroid dienone is 1. The van der Waals surface area contributed by atoms with E-state index in [1.165, 1.54) is 17.4 Å². The minimum atomic E-state index is -0.614. The Balaban J connectivity index is 1.83. The molecule has 2 heterocycles. The first-order valence-corrected chi connectivity index (χ1v) is 12.5. The summed E-state index contributed by atoms with van der Waals surface area (Å²) in [4.78, 5) is 34.1. The monoisotopic (exact) mass is 487 g/mol. The van der Waals surface area contributed by atoms with Crippen LogP contribution in [-0.2, 0) is 9.53 Å². The van der Waals surface area contributed by atoms with Crippen molar-refractivity contribution in [1.29, 1.82) is 0 Å². The van der Waals surface area contributed by atoms with E-state index in [1.54, 1.807) is 11.5 Å². The molecule has 0 bridgehead atoms. The van der Waals surface area contributed by atoms with Gasteiger partial charge in [0.25, 0.3) is 5.56 Å². The highest BCUT2D eigenvalue weighted by atomic mass is 32.1. The molecule has 0 saturated carbocycles. The first-order valence-electron chi connectivity index (χ1n) is 11.7. The van der Waals surface area contributed by atoms with Crippen LogP contribution < -0.4 is 19.8 Å². The predicted octanol–water partition coefficient (Wildman–Crippen LogP) is 3.81. The van der Waals surface area contributed by atoms with E-state index < -0.39 is 12.0 Å². The van der Waals surface area contributed by atoms with Crippen molar-refractivity contribution in [1.82, 2.24) is 4.57 Å². The number of benzene rings is 2. The van der Waals surface area contributed by atoms with Gasteiger partial charge in [0.15, 0.2) is 4.80 Å². The van der Waals surface area contributed by atoms with Crippen LogP contribution in [0.5, 0.6) is 0 Å². The van der Waals surface area contributed by atoms with Gasteiger partial charge in [0, 0.05) is 18.8 Å². The van der Waals surface area contributed by atoms with Gasteiger partial charge < -0.3 is 9.64 Å². The zero-order chi connectivity index (χ0) is 24.9. The third-order valence-electron chi connectivity index (χ3n) is 6.01. The van der Waals surface area contributed by atoms with Gasteiger partial charge in [0.1, 0.15) is 6.61 Å². The fraction of sp³-hybridized carbons (Fsp3) is 0.250. The fourth-order valence-corrected chi connectivity index (χ4v) is 5.31. The number of anilines is 1. The number of aromatic nitrogens is 1. The van der Waals surface area contributed by atoms with E-state index >= 15 is 0 Å². The average molecular weight is 488 g/mol. The molecule has 6 nitrogen and oxygen atoms in total. The number of nitrogens with zero attached hydrogens (tertiary/aromatic N) is 3. The van der Waals surface area contributed by atoms with Crippen LogP contribution in [0.1, 0.15) is 37.9 Å². The lowest BCUT2D eigenvalue weighted by molar-refractivity contribution is -0.138. The summed E-state index contributed by atoms with van der Waals surface area (Å²) in [6.45, 7) is 11.6. The van der Waals surface area contributed by atoms with Crippen LogP contribution in [-0.4, -0.2) is 30.2 Å². The molecule has 180 valence electrons. The summed E-state index contributed by atoms with van der Waals surface area (Å²) in [7, 11) is 0. The van der Waals surface area contributed by atoms with E-state index in [2.05, 4.69) is 42.5 Å². The van der Waals surface area contributed by atoms with E-state index in [0.29, 0.717) is 20.6 Å². The smallest absolute Gasteiger partial charge is 0.338 e. The van der Waals surface area contributed by atoms with Crippen molar-refractivity contribution in [2.45, 2.75) is 26.8 Å². The molecule has 0 unspecified atom stereocenters. The van der Waals surface area contributed by atoms with Gasteiger partial charge in [-0.25, -0.2) is 9.79 Å². The van der Waals surface area contributed by atoms with Crippen molar-refractivity contribution in [2.75, 3.05) is 24.6 Å². The van der Waals surface area contributed by atoms with E-state index in [-0.39, 0.29) is 12.2 Å². The molecule has 1 aromatic heterocycles. The van der Waals surface area contributed by atoms with Gasteiger partial charge in [-0.15, -0.1) is 0 Å². The van der Waals surface area contributed by atoms with Crippen LogP contribution in [0.15, 0.2) is 88.3 Å². The molecular weight excluding hydrogens is 458 g/mol.